The molecule has 8 heteroatoms. The number of hydrogen-bond acceptors (Lipinski definition) is 5. The highest BCUT2D eigenvalue weighted by Gasteiger charge is 2.07. The zero-order chi connectivity index (χ0) is 13.4. The van der Waals surface area contributed by atoms with Gasteiger partial charge in [-0.2, -0.15) is 0 Å². The number of aliphatic hydroxyl groups excluding tert-OH is 1. The molecule has 3 amide bonds. The minimum absolute atomic E-state index is 0.112. The number of amides is 3. The van der Waals surface area contributed by atoms with Gasteiger partial charge in [-0.05, 0) is 12.8 Å². The molecular formula is C10H17N5O3. The van der Waals surface area contributed by atoms with Crippen LogP contribution in [0.4, 0.5) is 4.79 Å². The molecule has 1 rings (SSSR count). The van der Waals surface area contributed by atoms with Crippen LogP contribution >= 0.6 is 0 Å². The van der Waals surface area contributed by atoms with Gasteiger partial charge in [-0.15, -0.1) is 5.10 Å². The van der Waals surface area contributed by atoms with E-state index in [-0.39, 0.29) is 18.9 Å². The van der Waals surface area contributed by atoms with Gasteiger partial charge in [-0.3, -0.25) is 14.8 Å². The van der Waals surface area contributed by atoms with Crippen LogP contribution in [0, 0.1) is 0 Å². The largest absolute Gasteiger partial charge is 0.396 e. The molecule has 18 heavy (non-hydrogen) atoms. The summed E-state index contributed by atoms with van der Waals surface area (Å²) in [5, 5.41) is 20.9. The van der Waals surface area contributed by atoms with E-state index in [0.29, 0.717) is 19.4 Å². The maximum absolute atomic E-state index is 11.3. The molecule has 8 nitrogen and oxygen atoms in total. The molecular weight excluding hydrogens is 238 g/mol. The smallest absolute Gasteiger partial charge is 0.321 e. The third kappa shape index (κ3) is 4.91. The Morgan fingerprint density at radius 2 is 2.28 bits per heavy atom. The molecule has 0 aliphatic rings. The summed E-state index contributed by atoms with van der Waals surface area (Å²) in [4.78, 5) is 22.2. The molecule has 0 saturated heterocycles. The van der Waals surface area contributed by atoms with Gasteiger partial charge in [0.2, 0.25) is 5.91 Å². The summed E-state index contributed by atoms with van der Waals surface area (Å²) in [5.41, 5.74) is 0.774. The molecule has 0 spiro atoms. The normalized spacial score (nSPS) is 10.1. The predicted octanol–water partition coefficient (Wildman–Crippen LogP) is -0.951. The van der Waals surface area contributed by atoms with Gasteiger partial charge in [0.1, 0.15) is 0 Å². The summed E-state index contributed by atoms with van der Waals surface area (Å²) in [6, 6.07) is -0.526. The molecule has 0 unspecified atom stereocenters. The van der Waals surface area contributed by atoms with Crippen LogP contribution < -0.4 is 10.6 Å². The Kier molecular flexibility index (Phi) is 5.78. The van der Waals surface area contributed by atoms with E-state index in [1.807, 2.05) is 0 Å². The van der Waals surface area contributed by atoms with Crippen LogP contribution in [0.2, 0.25) is 0 Å². The maximum Gasteiger partial charge on any atom is 0.321 e. The summed E-state index contributed by atoms with van der Waals surface area (Å²) in [6.45, 7) is 0.469. The maximum atomic E-state index is 11.3. The number of urea groups is 1. The predicted molar refractivity (Wildman–Crippen MR) is 62.6 cm³/mol. The number of aromatic nitrogens is 3. The van der Waals surface area contributed by atoms with Gasteiger partial charge in [-0.25, -0.2) is 4.79 Å². The third-order valence-corrected chi connectivity index (χ3v) is 2.23. The molecule has 0 aliphatic heterocycles. The minimum Gasteiger partial charge on any atom is -0.396 e. The van der Waals surface area contributed by atoms with Gasteiger partial charge in [-0.1, -0.05) is 5.21 Å². The van der Waals surface area contributed by atoms with E-state index in [1.54, 1.807) is 6.20 Å². The van der Waals surface area contributed by atoms with Gasteiger partial charge < -0.3 is 10.4 Å². The fourth-order valence-corrected chi connectivity index (χ4v) is 1.29. The summed E-state index contributed by atoms with van der Waals surface area (Å²) in [5.74, 6) is -0.373. The van der Waals surface area contributed by atoms with Crippen molar-refractivity contribution in [1.82, 2.24) is 25.6 Å². The van der Waals surface area contributed by atoms with Crippen molar-refractivity contribution in [3.8, 4) is 0 Å². The zero-order valence-corrected chi connectivity index (χ0v) is 10.2. The highest BCUT2D eigenvalue weighted by atomic mass is 16.3. The first-order chi connectivity index (χ1) is 8.65. The molecule has 3 N–H and O–H groups in total. The van der Waals surface area contributed by atoms with Crippen LogP contribution in [0.1, 0.15) is 18.5 Å². The monoisotopic (exact) mass is 255 g/mol. The molecule has 0 radical (unpaired) electrons. The molecule has 0 atom stereocenters. The Labute approximate surface area is 104 Å². The summed E-state index contributed by atoms with van der Waals surface area (Å²) >= 11 is 0. The lowest BCUT2D eigenvalue weighted by atomic mass is 10.2. The van der Waals surface area contributed by atoms with Gasteiger partial charge in [0.25, 0.3) is 0 Å². The Balaban J connectivity index is 2.32. The highest BCUT2D eigenvalue weighted by molar-refractivity contribution is 5.94. The number of imide groups is 1. The summed E-state index contributed by atoms with van der Waals surface area (Å²) in [6.07, 6.45) is 3.16. The van der Waals surface area contributed by atoms with Crippen molar-refractivity contribution >= 4 is 11.9 Å². The Bertz CT molecular complexity index is 404. The van der Waals surface area contributed by atoms with E-state index >= 15 is 0 Å². The average Bonchev–Trinajstić information content (AvgIpc) is 2.81. The second-order valence-electron chi connectivity index (χ2n) is 3.68. The Morgan fingerprint density at radius 3 is 2.94 bits per heavy atom. The van der Waals surface area contributed by atoms with Gasteiger partial charge in [0.15, 0.2) is 0 Å². The first kappa shape index (κ1) is 14.1. The number of carbonyl (C=O) groups is 2. The fraction of sp³-hybridized carbons (Fsp3) is 0.600. The first-order valence-corrected chi connectivity index (χ1v) is 5.67. The third-order valence-electron chi connectivity index (χ3n) is 2.23. The second kappa shape index (κ2) is 7.38. The zero-order valence-electron chi connectivity index (χ0n) is 10.2. The van der Waals surface area contributed by atoms with Crippen molar-refractivity contribution in [2.45, 2.75) is 25.8 Å². The van der Waals surface area contributed by atoms with Crippen LogP contribution in [0.5, 0.6) is 0 Å². The fourth-order valence-electron chi connectivity index (χ4n) is 1.29. The second-order valence-corrected chi connectivity index (χ2v) is 3.68. The van der Waals surface area contributed by atoms with Crippen molar-refractivity contribution < 1.29 is 14.7 Å². The van der Waals surface area contributed by atoms with Crippen LogP contribution in [-0.2, 0) is 17.8 Å². The van der Waals surface area contributed by atoms with Crippen molar-refractivity contribution in [3.63, 3.8) is 0 Å². The van der Waals surface area contributed by atoms with Gasteiger partial charge in [0.05, 0.1) is 12.2 Å². The van der Waals surface area contributed by atoms with Crippen molar-refractivity contribution in [2.24, 2.45) is 0 Å². The van der Waals surface area contributed by atoms with Crippen LogP contribution in [0.25, 0.3) is 0 Å². The Morgan fingerprint density at radius 1 is 1.50 bits per heavy atom. The molecule has 1 aromatic rings. The standard InChI is InChI=1S/C10H17N5O3/c1-11-10(18)12-9(17)4-5-15-7-8(13-14-15)3-2-6-16/h7,16H,2-6H2,1H3,(H2,11,12,17,18). The topological polar surface area (TPSA) is 109 Å². The molecule has 1 aromatic heterocycles. The molecule has 0 aromatic carbocycles. The number of nitrogens with zero attached hydrogens (tertiary/aromatic N) is 3. The van der Waals surface area contributed by atoms with Crippen molar-refractivity contribution in [3.05, 3.63) is 11.9 Å². The Hall–Kier alpha value is -1.96. The minimum atomic E-state index is -0.526. The molecule has 100 valence electrons. The van der Waals surface area contributed by atoms with E-state index in [9.17, 15) is 9.59 Å². The summed E-state index contributed by atoms with van der Waals surface area (Å²) < 4.78 is 1.54. The lowest BCUT2D eigenvalue weighted by molar-refractivity contribution is -0.120. The number of rotatable bonds is 6. The van der Waals surface area contributed by atoms with E-state index < -0.39 is 6.03 Å². The lowest BCUT2D eigenvalue weighted by Crippen LogP contribution is -2.37. The van der Waals surface area contributed by atoms with Crippen LogP contribution in [0.3, 0.4) is 0 Å². The first-order valence-electron chi connectivity index (χ1n) is 5.67. The lowest BCUT2D eigenvalue weighted by Gasteiger charge is -2.02. The quantitative estimate of drug-likeness (QED) is 0.607. The van der Waals surface area contributed by atoms with E-state index in [4.69, 9.17) is 5.11 Å². The van der Waals surface area contributed by atoms with Crippen molar-refractivity contribution in [2.75, 3.05) is 13.7 Å². The van der Waals surface area contributed by atoms with E-state index in [2.05, 4.69) is 20.9 Å². The highest BCUT2D eigenvalue weighted by Crippen LogP contribution is 1.98. The van der Waals surface area contributed by atoms with Gasteiger partial charge in [0, 0.05) is 26.3 Å². The van der Waals surface area contributed by atoms with Gasteiger partial charge >= 0.3 is 6.03 Å². The molecule has 1 heterocycles. The summed E-state index contributed by atoms with van der Waals surface area (Å²) in [7, 11) is 1.44. The van der Waals surface area contributed by atoms with Crippen LogP contribution in [-0.4, -0.2) is 45.7 Å². The molecule has 0 aliphatic carbocycles. The number of nitrogens with one attached hydrogen (secondary N) is 2. The van der Waals surface area contributed by atoms with Crippen molar-refractivity contribution in [1.29, 1.82) is 0 Å². The average molecular weight is 255 g/mol. The molecule has 0 bridgehead atoms. The van der Waals surface area contributed by atoms with E-state index in [0.717, 1.165) is 5.69 Å². The SMILES string of the molecule is CNC(=O)NC(=O)CCn1cc(CCCO)nn1. The number of carbonyl (C=O) groups excluding carboxylic acids is 2. The molecule has 0 saturated carbocycles. The number of hydrogen-bond donors (Lipinski definition) is 3. The molecule has 0 fully saturated rings. The number of aliphatic hydroxyl groups is 1. The van der Waals surface area contributed by atoms with E-state index in [1.165, 1.54) is 11.7 Å². The number of aryl methyl sites for hydroxylation is 2. The van der Waals surface area contributed by atoms with Crippen LogP contribution in [0.15, 0.2) is 6.20 Å².